The zero-order chi connectivity index (χ0) is 15.0. The van der Waals surface area contributed by atoms with Gasteiger partial charge in [-0.2, -0.15) is 0 Å². The zero-order valence-corrected chi connectivity index (χ0v) is 11.8. The van der Waals surface area contributed by atoms with Crippen molar-refractivity contribution in [3.05, 3.63) is 68.2 Å². The Balaban J connectivity index is 2.61. The molecule has 7 heteroatoms. The van der Waals surface area contributed by atoms with Gasteiger partial charge in [0.1, 0.15) is 11.6 Å². The van der Waals surface area contributed by atoms with E-state index in [1.165, 1.54) is 0 Å². The van der Waals surface area contributed by atoms with E-state index in [4.69, 9.17) is 11.6 Å². The smallest absolute Gasteiger partial charge is 0.200 e. The number of hydrogen-bond acceptors (Lipinski definition) is 1. The van der Waals surface area contributed by atoms with E-state index in [1.807, 2.05) is 0 Å². The molecule has 0 bridgehead atoms. The Morgan fingerprint density at radius 2 is 1.40 bits per heavy atom. The standard InChI is InChI=1S/C13H4BrClF4O/c14-5-1-10(18)12(11(19)2-5)13(20)6-3-8(16)9(17)4-7(6)15/h1-4H. The third kappa shape index (κ3) is 2.71. The molecule has 0 amide bonds. The van der Waals surface area contributed by atoms with Crippen LogP contribution in [0.3, 0.4) is 0 Å². The summed E-state index contributed by atoms with van der Waals surface area (Å²) in [5.74, 6) is -6.04. The van der Waals surface area contributed by atoms with Crippen molar-refractivity contribution >= 4 is 33.3 Å². The normalized spacial score (nSPS) is 10.7. The SMILES string of the molecule is O=C(c1cc(F)c(F)cc1Cl)c1c(F)cc(Br)cc1F. The van der Waals surface area contributed by atoms with Crippen LogP contribution < -0.4 is 0 Å². The molecule has 2 rings (SSSR count). The van der Waals surface area contributed by atoms with E-state index in [-0.39, 0.29) is 4.47 Å². The fourth-order valence-electron chi connectivity index (χ4n) is 1.59. The minimum Gasteiger partial charge on any atom is -0.288 e. The maximum Gasteiger partial charge on any atom is 0.200 e. The van der Waals surface area contributed by atoms with Gasteiger partial charge in [0.2, 0.25) is 5.78 Å². The summed E-state index contributed by atoms with van der Waals surface area (Å²) in [5, 5.41) is -0.435. The van der Waals surface area contributed by atoms with Crippen LogP contribution in [-0.2, 0) is 0 Å². The molecule has 20 heavy (non-hydrogen) atoms. The van der Waals surface area contributed by atoms with Gasteiger partial charge in [0.05, 0.1) is 10.6 Å². The van der Waals surface area contributed by atoms with Crippen LogP contribution in [-0.4, -0.2) is 5.78 Å². The summed E-state index contributed by atoms with van der Waals surface area (Å²) >= 11 is 8.46. The highest BCUT2D eigenvalue weighted by Crippen LogP contribution is 2.26. The van der Waals surface area contributed by atoms with Crippen LogP contribution in [0.5, 0.6) is 0 Å². The molecule has 0 atom stereocenters. The predicted molar refractivity (Wildman–Crippen MR) is 68.9 cm³/mol. The molecule has 2 aromatic carbocycles. The first-order valence-electron chi connectivity index (χ1n) is 5.15. The average Bonchev–Trinajstić information content (AvgIpc) is 2.32. The molecule has 0 saturated heterocycles. The van der Waals surface area contributed by atoms with Crippen molar-refractivity contribution in [1.82, 2.24) is 0 Å². The number of benzene rings is 2. The summed E-state index contributed by atoms with van der Waals surface area (Å²) < 4.78 is 53.4. The number of hydrogen-bond donors (Lipinski definition) is 0. The fourth-order valence-corrected chi connectivity index (χ4v) is 2.23. The largest absolute Gasteiger partial charge is 0.288 e. The van der Waals surface area contributed by atoms with Crippen molar-refractivity contribution in [2.75, 3.05) is 0 Å². The third-order valence-corrected chi connectivity index (χ3v) is 3.26. The van der Waals surface area contributed by atoms with Crippen molar-refractivity contribution in [1.29, 1.82) is 0 Å². The maximum atomic E-state index is 13.7. The lowest BCUT2D eigenvalue weighted by Gasteiger charge is -2.07. The lowest BCUT2D eigenvalue weighted by Crippen LogP contribution is -2.09. The lowest BCUT2D eigenvalue weighted by atomic mass is 10.0. The molecule has 0 unspecified atom stereocenters. The minimum absolute atomic E-state index is 0.0976. The molecule has 0 N–H and O–H groups in total. The molecule has 0 aliphatic heterocycles. The van der Waals surface area contributed by atoms with Crippen LogP contribution in [0.15, 0.2) is 28.7 Å². The molecule has 0 aliphatic carbocycles. The first-order chi connectivity index (χ1) is 9.31. The Morgan fingerprint density at radius 3 is 1.95 bits per heavy atom. The summed E-state index contributed by atoms with van der Waals surface area (Å²) in [6.07, 6.45) is 0. The van der Waals surface area contributed by atoms with Crippen LogP contribution in [0.2, 0.25) is 5.02 Å². The van der Waals surface area contributed by atoms with Crippen LogP contribution in [0.4, 0.5) is 17.6 Å². The summed E-state index contributed by atoms with van der Waals surface area (Å²) in [6.45, 7) is 0. The molecule has 1 nitrogen and oxygen atoms in total. The van der Waals surface area contributed by atoms with Crippen LogP contribution in [0.25, 0.3) is 0 Å². The van der Waals surface area contributed by atoms with Crippen LogP contribution in [0.1, 0.15) is 15.9 Å². The van der Waals surface area contributed by atoms with E-state index in [9.17, 15) is 22.4 Å². The Hall–Kier alpha value is -1.40. The first kappa shape index (κ1) is 15.0. The Labute approximate surface area is 124 Å². The van der Waals surface area contributed by atoms with Gasteiger partial charge in [-0.25, -0.2) is 17.6 Å². The molecule has 0 saturated carbocycles. The second-order valence-corrected chi connectivity index (χ2v) is 5.14. The van der Waals surface area contributed by atoms with Crippen molar-refractivity contribution in [3.63, 3.8) is 0 Å². The van der Waals surface area contributed by atoms with E-state index in [2.05, 4.69) is 15.9 Å². The number of carbonyl (C=O) groups excluding carboxylic acids is 1. The molecule has 0 radical (unpaired) electrons. The van der Waals surface area contributed by atoms with Gasteiger partial charge in [-0.1, -0.05) is 27.5 Å². The van der Waals surface area contributed by atoms with Gasteiger partial charge in [0, 0.05) is 10.0 Å². The van der Waals surface area contributed by atoms with Crippen LogP contribution in [0, 0.1) is 23.3 Å². The molecule has 0 fully saturated rings. The molecule has 0 aromatic heterocycles. The maximum absolute atomic E-state index is 13.7. The number of rotatable bonds is 2. The second kappa shape index (κ2) is 5.54. The van der Waals surface area contributed by atoms with Crippen molar-refractivity contribution in [2.24, 2.45) is 0 Å². The van der Waals surface area contributed by atoms with Gasteiger partial charge in [0.15, 0.2) is 11.6 Å². The van der Waals surface area contributed by atoms with Crippen molar-refractivity contribution in [2.45, 2.75) is 0 Å². The average molecular weight is 368 g/mol. The second-order valence-electron chi connectivity index (χ2n) is 3.82. The number of halogens is 6. The molecule has 0 spiro atoms. The molecule has 2 aromatic rings. The van der Waals surface area contributed by atoms with Gasteiger partial charge in [-0.15, -0.1) is 0 Å². The molecule has 104 valence electrons. The van der Waals surface area contributed by atoms with Gasteiger partial charge in [0.25, 0.3) is 0 Å². The van der Waals surface area contributed by atoms with Gasteiger partial charge in [-0.05, 0) is 24.3 Å². The fraction of sp³-hybridized carbons (Fsp3) is 0. The summed E-state index contributed by atoms with van der Waals surface area (Å²) in [5.41, 5.74) is -1.41. The van der Waals surface area contributed by atoms with Gasteiger partial charge >= 0.3 is 0 Å². The highest BCUT2D eigenvalue weighted by molar-refractivity contribution is 9.10. The number of carbonyl (C=O) groups is 1. The van der Waals surface area contributed by atoms with Crippen LogP contribution >= 0.6 is 27.5 Å². The van der Waals surface area contributed by atoms with E-state index in [0.717, 1.165) is 12.1 Å². The monoisotopic (exact) mass is 366 g/mol. The highest BCUT2D eigenvalue weighted by Gasteiger charge is 2.23. The topological polar surface area (TPSA) is 17.1 Å². The Bertz CT molecular complexity index is 695. The first-order valence-corrected chi connectivity index (χ1v) is 6.32. The third-order valence-electron chi connectivity index (χ3n) is 2.49. The van der Waals surface area contributed by atoms with Gasteiger partial charge in [-0.3, -0.25) is 4.79 Å². The molecule has 0 aliphatic rings. The molecular weight excluding hydrogens is 363 g/mol. The van der Waals surface area contributed by atoms with Crippen molar-refractivity contribution in [3.8, 4) is 0 Å². The zero-order valence-electron chi connectivity index (χ0n) is 9.49. The summed E-state index contributed by atoms with van der Waals surface area (Å²) in [6, 6.07) is 2.83. The van der Waals surface area contributed by atoms with E-state index >= 15 is 0 Å². The van der Waals surface area contributed by atoms with Crippen molar-refractivity contribution < 1.29 is 22.4 Å². The predicted octanol–water partition coefficient (Wildman–Crippen LogP) is 4.89. The van der Waals surface area contributed by atoms with Gasteiger partial charge < -0.3 is 0 Å². The molecular formula is C13H4BrClF4O. The van der Waals surface area contributed by atoms with E-state index in [0.29, 0.717) is 12.1 Å². The highest BCUT2D eigenvalue weighted by atomic mass is 79.9. The summed E-state index contributed by atoms with van der Waals surface area (Å²) in [7, 11) is 0. The van der Waals surface area contributed by atoms with E-state index in [1.54, 1.807) is 0 Å². The quantitative estimate of drug-likeness (QED) is 0.420. The lowest BCUT2D eigenvalue weighted by molar-refractivity contribution is 0.103. The Kier molecular flexibility index (Phi) is 4.15. The number of ketones is 1. The summed E-state index contributed by atoms with van der Waals surface area (Å²) in [4.78, 5) is 12.0. The Morgan fingerprint density at radius 1 is 0.900 bits per heavy atom. The molecule has 0 heterocycles. The van der Waals surface area contributed by atoms with E-state index < -0.39 is 45.2 Å². The minimum atomic E-state index is -1.34.